The Morgan fingerprint density at radius 3 is 2.47 bits per heavy atom. The van der Waals surface area contributed by atoms with Gasteiger partial charge in [-0.3, -0.25) is 4.79 Å². The summed E-state index contributed by atoms with van der Waals surface area (Å²) in [6.07, 6.45) is 0.202. The van der Waals surface area contributed by atoms with E-state index in [1.54, 1.807) is 37.4 Å². The van der Waals surface area contributed by atoms with Crippen LogP contribution in [0.1, 0.15) is 22.8 Å². The van der Waals surface area contributed by atoms with Crippen LogP contribution < -0.4 is 14.9 Å². The highest BCUT2D eigenvalue weighted by atomic mass is 127. The lowest BCUT2D eigenvalue weighted by atomic mass is 10.1. The number of ether oxygens (including phenoxy) is 2. The van der Waals surface area contributed by atoms with E-state index in [9.17, 15) is 9.90 Å². The van der Waals surface area contributed by atoms with Crippen molar-refractivity contribution >= 4 is 34.7 Å². The molecule has 3 rings (SSSR count). The van der Waals surface area contributed by atoms with Gasteiger partial charge in [-0.15, -0.1) is 0 Å². The SMILES string of the molecule is COc1cc(/C=N\NC(=O)[C@@H](O)c2ccccc2)cc(I)c1OCc1ccccc1. The summed E-state index contributed by atoms with van der Waals surface area (Å²) in [4.78, 5) is 12.1. The van der Waals surface area contributed by atoms with Gasteiger partial charge in [-0.05, 0) is 51.4 Å². The topological polar surface area (TPSA) is 80.2 Å². The van der Waals surface area contributed by atoms with E-state index >= 15 is 0 Å². The molecule has 30 heavy (non-hydrogen) atoms. The summed E-state index contributed by atoms with van der Waals surface area (Å²) < 4.78 is 12.3. The van der Waals surface area contributed by atoms with E-state index < -0.39 is 12.0 Å². The molecule has 3 aromatic rings. The average molecular weight is 516 g/mol. The first-order valence-corrected chi connectivity index (χ1v) is 10.3. The van der Waals surface area contributed by atoms with Crippen molar-refractivity contribution in [1.82, 2.24) is 5.43 Å². The highest BCUT2D eigenvalue weighted by Crippen LogP contribution is 2.34. The van der Waals surface area contributed by atoms with Crippen LogP contribution in [0.4, 0.5) is 0 Å². The van der Waals surface area contributed by atoms with Gasteiger partial charge in [0.25, 0.3) is 5.91 Å². The van der Waals surface area contributed by atoms with Crippen LogP contribution in [0.5, 0.6) is 11.5 Å². The van der Waals surface area contributed by atoms with Crippen LogP contribution in [0.3, 0.4) is 0 Å². The van der Waals surface area contributed by atoms with Crippen molar-refractivity contribution in [3.8, 4) is 11.5 Å². The summed E-state index contributed by atoms with van der Waals surface area (Å²) in [7, 11) is 1.57. The first kappa shape index (κ1) is 21.8. The molecule has 0 aliphatic rings. The van der Waals surface area contributed by atoms with Gasteiger partial charge >= 0.3 is 0 Å². The van der Waals surface area contributed by atoms with Gasteiger partial charge in [0.15, 0.2) is 17.6 Å². The zero-order chi connectivity index (χ0) is 21.3. The quantitative estimate of drug-likeness (QED) is 0.269. The fourth-order valence-corrected chi connectivity index (χ4v) is 3.48. The van der Waals surface area contributed by atoms with Gasteiger partial charge in [-0.1, -0.05) is 60.7 Å². The molecular weight excluding hydrogens is 495 g/mol. The number of aliphatic hydroxyl groups excluding tert-OH is 1. The van der Waals surface area contributed by atoms with Crippen LogP contribution in [0.2, 0.25) is 0 Å². The Bertz CT molecular complexity index is 1010. The lowest BCUT2D eigenvalue weighted by Gasteiger charge is -2.13. The van der Waals surface area contributed by atoms with Crippen molar-refractivity contribution in [3.05, 3.63) is 93.1 Å². The number of amides is 1. The van der Waals surface area contributed by atoms with E-state index in [1.807, 2.05) is 42.5 Å². The summed E-state index contributed by atoms with van der Waals surface area (Å²) in [5.41, 5.74) is 4.63. The first-order valence-electron chi connectivity index (χ1n) is 9.18. The summed E-state index contributed by atoms with van der Waals surface area (Å²) in [6, 6.07) is 22.2. The molecule has 0 bridgehead atoms. The molecule has 0 aliphatic heterocycles. The maximum Gasteiger partial charge on any atom is 0.273 e. The maximum absolute atomic E-state index is 12.1. The van der Waals surface area contributed by atoms with Gasteiger partial charge in [0, 0.05) is 0 Å². The second kappa shape index (κ2) is 10.7. The Labute approximate surface area is 188 Å². The first-order chi connectivity index (χ1) is 14.6. The standard InChI is InChI=1S/C23H21IN2O4/c1-29-20-13-17(12-19(24)22(20)30-15-16-8-4-2-5-9-16)14-25-26-23(28)21(27)18-10-6-3-7-11-18/h2-14,21,27H,15H2,1H3,(H,26,28)/b25-14-/t21-/m0/s1. The number of carbonyl (C=O) groups excluding carboxylic acids is 1. The fourth-order valence-electron chi connectivity index (χ4n) is 2.70. The predicted molar refractivity (Wildman–Crippen MR) is 124 cm³/mol. The Morgan fingerprint density at radius 2 is 1.80 bits per heavy atom. The van der Waals surface area contributed by atoms with Crippen molar-refractivity contribution in [3.63, 3.8) is 0 Å². The lowest BCUT2D eigenvalue weighted by molar-refractivity contribution is -0.129. The molecule has 0 fully saturated rings. The highest BCUT2D eigenvalue weighted by molar-refractivity contribution is 14.1. The normalized spacial score (nSPS) is 11.8. The minimum absolute atomic E-state index is 0.425. The number of methoxy groups -OCH3 is 1. The molecule has 0 radical (unpaired) electrons. The average Bonchev–Trinajstić information content (AvgIpc) is 2.78. The van der Waals surface area contributed by atoms with Gasteiger partial charge in [-0.2, -0.15) is 5.10 Å². The Hall–Kier alpha value is -2.91. The molecular formula is C23H21IN2O4. The molecule has 6 nitrogen and oxygen atoms in total. The number of carbonyl (C=O) groups is 1. The Balaban J connectivity index is 1.66. The second-order valence-electron chi connectivity index (χ2n) is 6.36. The number of benzene rings is 3. The molecule has 3 aromatic carbocycles. The van der Waals surface area contributed by atoms with E-state index in [0.717, 1.165) is 14.7 Å². The summed E-state index contributed by atoms with van der Waals surface area (Å²) in [6.45, 7) is 0.425. The number of halogens is 1. The molecule has 0 aliphatic carbocycles. The van der Waals surface area contributed by atoms with Crippen LogP contribution in [0.25, 0.3) is 0 Å². The monoisotopic (exact) mass is 516 g/mol. The van der Waals surface area contributed by atoms with Crippen LogP contribution >= 0.6 is 22.6 Å². The van der Waals surface area contributed by atoms with Crippen molar-refractivity contribution in [2.24, 2.45) is 5.10 Å². The number of hydrogen-bond acceptors (Lipinski definition) is 5. The van der Waals surface area contributed by atoms with Gasteiger partial charge < -0.3 is 14.6 Å². The number of nitrogens with one attached hydrogen (secondary N) is 1. The Kier molecular flexibility index (Phi) is 7.81. The maximum atomic E-state index is 12.1. The largest absolute Gasteiger partial charge is 0.493 e. The highest BCUT2D eigenvalue weighted by Gasteiger charge is 2.16. The van der Waals surface area contributed by atoms with Gasteiger partial charge in [-0.25, -0.2) is 5.43 Å². The third kappa shape index (κ3) is 5.80. The Morgan fingerprint density at radius 1 is 1.13 bits per heavy atom. The van der Waals surface area contributed by atoms with E-state index in [1.165, 1.54) is 6.21 Å². The molecule has 0 saturated carbocycles. The molecule has 0 spiro atoms. The fraction of sp³-hybridized carbons (Fsp3) is 0.130. The molecule has 7 heteroatoms. The van der Waals surface area contributed by atoms with Crippen LogP contribution in [-0.2, 0) is 11.4 Å². The lowest BCUT2D eigenvalue weighted by Crippen LogP contribution is -2.25. The molecule has 2 N–H and O–H groups in total. The minimum atomic E-state index is -1.29. The molecule has 0 heterocycles. The van der Waals surface area contributed by atoms with Gasteiger partial charge in [0.05, 0.1) is 16.9 Å². The third-order valence-corrected chi connectivity index (χ3v) is 5.03. The smallest absolute Gasteiger partial charge is 0.273 e. The summed E-state index contributed by atoms with van der Waals surface area (Å²) in [5.74, 6) is 0.597. The molecule has 0 aromatic heterocycles. The predicted octanol–water partition coefficient (Wildman–Crippen LogP) is 4.06. The van der Waals surface area contributed by atoms with E-state index in [-0.39, 0.29) is 0 Å². The molecule has 154 valence electrons. The number of aliphatic hydroxyl groups is 1. The zero-order valence-corrected chi connectivity index (χ0v) is 18.4. The molecule has 0 saturated heterocycles. The number of hydrazone groups is 1. The van der Waals surface area contributed by atoms with Crippen molar-refractivity contribution in [2.75, 3.05) is 7.11 Å². The van der Waals surface area contributed by atoms with Crippen LogP contribution in [-0.4, -0.2) is 24.3 Å². The van der Waals surface area contributed by atoms with E-state index in [2.05, 4.69) is 33.1 Å². The van der Waals surface area contributed by atoms with Gasteiger partial charge in [0.2, 0.25) is 0 Å². The number of rotatable bonds is 8. The molecule has 1 atom stereocenters. The van der Waals surface area contributed by atoms with Crippen molar-refractivity contribution < 1.29 is 19.4 Å². The summed E-state index contributed by atoms with van der Waals surface area (Å²) in [5, 5.41) is 14.0. The zero-order valence-electron chi connectivity index (χ0n) is 16.3. The summed E-state index contributed by atoms with van der Waals surface area (Å²) >= 11 is 2.17. The molecule has 0 unspecified atom stereocenters. The van der Waals surface area contributed by atoms with Gasteiger partial charge in [0.1, 0.15) is 6.61 Å². The minimum Gasteiger partial charge on any atom is -0.493 e. The number of nitrogens with zero attached hydrogens (tertiary/aromatic N) is 1. The number of hydrogen-bond donors (Lipinski definition) is 2. The van der Waals surface area contributed by atoms with E-state index in [4.69, 9.17) is 9.47 Å². The van der Waals surface area contributed by atoms with Crippen molar-refractivity contribution in [2.45, 2.75) is 12.7 Å². The second-order valence-corrected chi connectivity index (χ2v) is 7.52. The third-order valence-electron chi connectivity index (χ3n) is 4.23. The molecule has 1 amide bonds. The van der Waals surface area contributed by atoms with Crippen LogP contribution in [0, 0.1) is 3.57 Å². The van der Waals surface area contributed by atoms with E-state index in [0.29, 0.717) is 23.7 Å². The van der Waals surface area contributed by atoms with Crippen molar-refractivity contribution in [1.29, 1.82) is 0 Å². The van der Waals surface area contributed by atoms with Crippen LogP contribution in [0.15, 0.2) is 77.9 Å².